The molecule has 2 aliphatic heterocycles. The predicted octanol–water partition coefficient (Wildman–Crippen LogP) is 2.31. The van der Waals surface area contributed by atoms with Gasteiger partial charge in [0.25, 0.3) is 5.91 Å². The molecule has 3 N–H and O–H groups in total. The minimum Gasteiger partial charge on any atom is -0.444 e. The maximum absolute atomic E-state index is 13.9. The monoisotopic (exact) mass is 488 g/mol. The standard InChI is InChI=1S/C25H36N4O6/c1-17(2)25(23(32)35-20-14-9-15-27(20)21(30)22(31)29(25)26)28(19-12-7-4-8-13-19)24(33)34-16-18-10-5-3-6-11-18/h3,5-6,10-11,17,19-21,30H,4,7-9,12-16,26H2,1-2H3. The number of benzene rings is 1. The summed E-state index contributed by atoms with van der Waals surface area (Å²) < 4.78 is 11.6. The minimum atomic E-state index is -1.97. The second kappa shape index (κ2) is 10.5. The Morgan fingerprint density at radius 1 is 1.17 bits per heavy atom. The van der Waals surface area contributed by atoms with Gasteiger partial charge >= 0.3 is 12.1 Å². The zero-order valence-electron chi connectivity index (χ0n) is 20.5. The average molecular weight is 489 g/mol. The first kappa shape index (κ1) is 25.4. The maximum atomic E-state index is 13.9. The Labute approximate surface area is 205 Å². The van der Waals surface area contributed by atoms with E-state index in [1.165, 1.54) is 9.80 Å². The van der Waals surface area contributed by atoms with Crippen molar-refractivity contribution in [2.24, 2.45) is 11.8 Å². The van der Waals surface area contributed by atoms with Crippen molar-refractivity contribution in [3.63, 3.8) is 0 Å². The molecule has 3 atom stereocenters. The van der Waals surface area contributed by atoms with Crippen LogP contribution in [0.25, 0.3) is 0 Å². The van der Waals surface area contributed by atoms with Crippen LogP contribution in [0.1, 0.15) is 64.4 Å². The lowest BCUT2D eigenvalue weighted by atomic mass is 9.86. The van der Waals surface area contributed by atoms with Gasteiger partial charge in [-0.2, -0.15) is 0 Å². The lowest BCUT2D eigenvalue weighted by Crippen LogP contribution is -2.78. The summed E-state index contributed by atoms with van der Waals surface area (Å²) in [6, 6.07) is 8.86. The SMILES string of the molecule is CC(C)C1(N(C(=O)OCc2ccccc2)C2CCCCC2)C(=O)OC2CCCN2C(O)C(=O)N1N. The third-order valence-corrected chi connectivity index (χ3v) is 7.43. The van der Waals surface area contributed by atoms with Crippen molar-refractivity contribution in [3.05, 3.63) is 35.9 Å². The average Bonchev–Trinajstić information content (AvgIpc) is 3.32. The lowest BCUT2D eigenvalue weighted by molar-refractivity contribution is -0.222. The molecule has 4 rings (SSSR count). The van der Waals surface area contributed by atoms with Gasteiger partial charge in [0.2, 0.25) is 5.66 Å². The van der Waals surface area contributed by atoms with E-state index in [0.717, 1.165) is 29.8 Å². The Balaban J connectivity index is 1.76. The first-order valence-corrected chi connectivity index (χ1v) is 12.5. The number of ether oxygens (including phenoxy) is 2. The molecule has 3 unspecified atom stereocenters. The van der Waals surface area contributed by atoms with Crippen LogP contribution in [0.4, 0.5) is 4.79 Å². The van der Waals surface area contributed by atoms with Crippen molar-refractivity contribution in [3.8, 4) is 0 Å². The van der Waals surface area contributed by atoms with Crippen molar-refractivity contribution in [2.75, 3.05) is 6.54 Å². The largest absolute Gasteiger partial charge is 0.444 e. The van der Waals surface area contributed by atoms with Crippen LogP contribution < -0.4 is 5.84 Å². The number of hydrogen-bond acceptors (Lipinski definition) is 8. The number of hydrazine groups is 1. The smallest absolute Gasteiger partial charge is 0.412 e. The minimum absolute atomic E-state index is 0.00363. The van der Waals surface area contributed by atoms with Crippen molar-refractivity contribution in [1.29, 1.82) is 0 Å². The Morgan fingerprint density at radius 2 is 1.86 bits per heavy atom. The Kier molecular flexibility index (Phi) is 7.63. The summed E-state index contributed by atoms with van der Waals surface area (Å²) in [7, 11) is 0. The first-order chi connectivity index (χ1) is 16.8. The van der Waals surface area contributed by atoms with E-state index in [4.69, 9.17) is 15.3 Å². The number of aliphatic hydroxyl groups excluding tert-OH is 1. The van der Waals surface area contributed by atoms with Gasteiger partial charge in [0.1, 0.15) is 6.61 Å². The molecule has 0 spiro atoms. The quantitative estimate of drug-likeness (QED) is 0.367. The van der Waals surface area contributed by atoms with E-state index in [9.17, 15) is 19.5 Å². The number of nitrogens with zero attached hydrogens (tertiary/aromatic N) is 3. The third kappa shape index (κ3) is 4.62. The fraction of sp³-hybridized carbons (Fsp3) is 0.640. The number of aliphatic hydroxyl groups is 1. The Morgan fingerprint density at radius 3 is 2.51 bits per heavy atom. The summed E-state index contributed by atoms with van der Waals surface area (Å²) in [5.74, 6) is 4.12. The topological polar surface area (TPSA) is 126 Å². The summed E-state index contributed by atoms with van der Waals surface area (Å²) in [6.07, 6.45) is 2.10. The number of carbonyl (C=O) groups excluding carboxylic acids is 3. The molecule has 1 aliphatic carbocycles. The summed E-state index contributed by atoms with van der Waals surface area (Å²) in [5, 5.41) is 11.6. The van der Waals surface area contributed by atoms with Gasteiger partial charge in [-0.1, -0.05) is 63.4 Å². The third-order valence-electron chi connectivity index (χ3n) is 7.43. The summed E-state index contributed by atoms with van der Waals surface area (Å²) in [5.41, 5.74) is -1.18. The normalized spacial score (nSPS) is 28.3. The van der Waals surface area contributed by atoms with Crippen LogP contribution >= 0.6 is 0 Å². The van der Waals surface area contributed by atoms with Crippen LogP contribution in [0.3, 0.4) is 0 Å². The number of nitrogens with two attached hydrogens (primary N) is 1. The molecule has 1 aromatic carbocycles. The zero-order valence-corrected chi connectivity index (χ0v) is 20.5. The molecule has 1 saturated carbocycles. The molecular formula is C25H36N4O6. The highest BCUT2D eigenvalue weighted by atomic mass is 16.6. The summed E-state index contributed by atoms with van der Waals surface area (Å²) in [6.45, 7) is 3.84. The number of amides is 2. The molecule has 3 fully saturated rings. The molecule has 3 aliphatic rings. The lowest BCUT2D eigenvalue weighted by Gasteiger charge is -2.53. The number of hydrogen-bond donors (Lipinski definition) is 2. The van der Waals surface area contributed by atoms with Crippen LogP contribution in [-0.4, -0.2) is 68.6 Å². The number of fused-ring (bicyclic) bond motifs is 1. The predicted molar refractivity (Wildman–Crippen MR) is 126 cm³/mol. The van der Waals surface area contributed by atoms with E-state index in [0.29, 0.717) is 32.2 Å². The Hall–Kier alpha value is -2.69. The van der Waals surface area contributed by atoms with Gasteiger partial charge in [0, 0.05) is 18.5 Å². The molecule has 2 saturated heterocycles. The number of esters is 1. The molecular weight excluding hydrogens is 452 g/mol. The van der Waals surface area contributed by atoms with E-state index in [1.54, 1.807) is 13.8 Å². The molecule has 0 aromatic heterocycles. The van der Waals surface area contributed by atoms with Gasteiger partial charge in [-0.05, 0) is 31.2 Å². The van der Waals surface area contributed by atoms with E-state index in [1.807, 2.05) is 30.3 Å². The molecule has 2 amide bonds. The molecule has 10 nitrogen and oxygen atoms in total. The van der Waals surface area contributed by atoms with Crippen LogP contribution in [-0.2, 0) is 25.7 Å². The molecule has 2 heterocycles. The Bertz CT molecular complexity index is 922. The molecule has 0 bridgehead atoms. The van der Waals surface area contributed by atoms with Crippen molar-refractivity contribution >= 4 is 18.0 Å². The summed E-state index contributed by atoms with van der Waals surface area (Å²) in [4.78, 5) is 43.9. The fourth-order valence-electron chi connectivity index (χ4n) is 5.61. The molecule has 35 heavy (non-hydrogen) atoms. The van der Waals surface area contributed by atoms with E-state index in [2.05, 4.69) is 0 Å². The van der Waals surface area contributed by atoms with Crippen molar-refractivity contribution in [1.82, 2.24) is 14.8 Å². The van der Waals surface area contributed by atoms with Crippen LogP contribution in [0, 0.1) is 5.92 Å². The van der Waals surface area contributed by atoms with E-state index < -0.39 is 42.0 Å². The van der Waals surface area contributed by atoms with Gasteiger partial charge in [0.05, 0.1) is 0 Å². The second-order valence-corrected chi connectivity index (χ2v) is 9.90. The molecule has 192 valence electrons. The van der Waals surface area contributed by atoms with Gasteiger partial charge in [-0.15, -0.1) is 0 Å². The van der Waals surface area contributed by atoms with Crippen LogP contribution in [0.2, 0.25) is 0 Å². The van der Waals surface area contributed by atoms with Gasteiger partial charge in [-0.3, -0.25) is 9.69 Å². The van der Waals surface area contributed by atoms with E-state index in [-0.39, 0.29) is 12.6 Å². The van der Waals surface area contributed by atoms with Crippen molar-refractivity contribution < 1.29 is 29.0 Å². The maximum Gasteiger partial charge on any atom is 0.412 e. The van der Waals surface area contributed by atoms with Crippen molar-refractivity contribution in [2.45, 2.75) is 89.6 Å². The van der Waals surface area contributed by atoms with Gasteiger partial charge < -0.3 is 14.6 Å². The van der Waals surface area contributed by atoms with Gasteiger partial charge in [0.15, 0.2) is 12.5 Å². The summed E-state index contributed by atoms with van der Waals surface area (Å²) >= 11 is 0. The number of carbonyl (C=O) groups is 3. The van der Waals surface area contributed by atoms with Crippen LogP contribution in [0.15, 0.2) is 30.3 Å². The second-order valence-electron chi connectivity index (χ2n) is 9.90. The van der Waals surface area contributed by atoms with Gasteiger partial charge in [-0.25, -0.2) is 25.3 Å². The van der Waals surface area contributed by atoms with Crippen LogP contribution in [0.5, 0.6) is 0 Å². The first-order valence-electron chi connectivity index (χ1n) is 12.5. The highest BCUT2D eigenvalue weighted by molar-refractivity contribution is 5.92. The highest BCUT2D eigenvalue weighted by Gasteiger charge is 2.62. The van der Waals surface area contributed by atoms with E-state index >= 15 is 0 Å². The molecule has 0 radical (unpaired) electrons. The number of rotatable bonds is 5. The molecule has 10 heteroatoms. The fourth-order valence-corrected chi connectivity index (χ4v) is 5.61. The highest BCUT2D eigenvalue weighted by Crippen LogP contribution is 2.39. The zero-order chi connectivity index (χ0) is 25.2. The molecule has 1 aromatic rings.